The molecule has 0 atom stereocenters. The number of ether oxygens (including phenoxy) is 2. The van der Waals surface area contributed by atoms with Crippen LogP contribution in [0.5, 0.6) is 11.5 Å². The minimum atomic E-state index is -0.987. The smallest absolute Gasteiger partial charge is 0.339 e. The molecule has 4 heteroatoms. The Bertz CT molecular complexity index is 421. The molecule has 1 aromatic carbocycles. The first kappa shape index (κ1) is 11.8. The van der Waals surface area contributed by atoms with Gasteiger partial charge in [-0.3, -0.25) is 0 Å². The van der Waals surface area contributed by atoms with Gasteiger partial charge in [-0.25, -0.2) is 4.79 Å². The highest BCUT2D eigenvalue weighted by Gasteiger charge is 2.24. The van der Waals surface area contributed by atoms with E-state index in [2.05, 4.69) is 0 Å². The Morgan fingerprint density at radius 2 is 2.12 bits per heavy atom. The van der Waals surface area contributed by atoms with E-state index in [0.717, 1.165) is 12.8 Å². The van der Waals surface area contributed by atoms with Crippen molar-refractivity contribution in [2.75, 3.05) is 0 Å². The van der Waals surface area contributed by atoms with Gasteiger partial charge < -0.3 is 14.6 Å². The Morgan fingerprint density at radius 1 is 1.41 bits per heavy atom. The number of hydrogen-bond donors (Lipinski definition) is 1. The predicted molar refractivity (Wildman–Crippen MR) is 62.8 cm³/mol. The molecule has 92 valence electrons. The van der Waals surface area contributed by atoms with Gasteiger partial charge in [-0.1, -0.05) is 0 Å². The van der Waals surface area contributed by atoms with E-state index in [4.69, 9.17) is 14.6 Å². The van der Waals surface area contributed by atoms with Crippen LogP contribution in [0.1, 0.15) is 37.0 Å². The molecule has 1 saturated carbocycles. The monoisotopic (exact) mass is 236 g/mol. The lowest BCUT2D eigenvalue weighted by Crippen LogP contribution is -2.10. The molecule has 0 saturated heterocycles. The number of rotatable bonds is 5. The van der Waals surface area contributed by atoms with Gasteiger partial charge in [0.1, 0.15) is 17.1 Å². The fourth-order valence-electron chi connectivity index (χ4n) is 1.48. The molecule has 0 aromatic heterocycles. The fraction of sp³-hybridized carbons (Fsp3) is 0.462. The standard InChI is InChI=1S/C13H16O4/c1-8(2)16-12-7-10(17-9-3-4-9)5-6-11(12)13(14)15/h5-9H,3-4H2,1-2H3,(H,14,15). The van der Waals surface area contributed by atoms with Gasteiger partial charge in [-0.2, -0.15) is 0 Å². The molecule has 1 N–H and O–H groups in total. The molecule has 4 nitrogen and oxygen atoms in total. The van der Waals surface area contributed by atoms with E-state index in [-0.39, 0.29) is 17.8 Å². The molecule has 1 fully saturated rings. The van der Waals surface area contributed by atoms with Crippen LogP contribution in [0.2, 0.25) is 0 Å². The Morgan fingerprint density at radius 3 is 2.65 bits per heavy atom. The highest BCUT2D eigenvalue weighted by molar-refractivity contribution is 5.91. The van der Waals surface area contributed by atoms with Crippen molar-refractivity contribution in [3.05, 3.63) is 23.8 Å². The largest absolute Gasteiger partial charge is 0.490 e. The van der Waals surface area contributed by atoms with Crippen molar-refractivity contribution < 1.29 is 19.4 Å². The van der Waals surface area contributed by atoms with Gasteiger partial charge in [0.2, 0.25) is 0 Å². The molecule has 2 rings (SSSR count). The van der Waals surface area contributed by atoms with Gasteiger partial charge in [0.15, 0.2) is 0 Å². The van der Waals surface area contributed by atoms with E-state index < -0.39 is 5.97 Å². The summed E-state index contributed by atoms with van der Waals surface area (Å²) >= 11 is 0. The molecule has 1 aliphatic rings. The molecule has 0 amide bonds. The second-order valence-electron chi connectivity index (χ2n) is 4.45. The topological polar surface area (TPSA) is 55.8 Å². The maximum Gasteiger partial charge on any atom is 0.339 e. The van der Waals surface area contributed by atoms with Gasteiger partial charge in [0, 0.05) is 6.07 Å². The normalized spacial score (nSPS) is 14.8. The van der Waals surface area contributed by atoms with Crippen LogP contribution in [0.25, 0.3) is 0 Å². The zero-order chi connectivity index (χ0) is 12.4. The average molecular weight is 236 g/mol. The van der Waals surface area contributed by atoms with E-state index in [9.17, 15) is 4.79 Å². The zero-order valence-corrected chi connectivity index (χ0v) is 9.97. The predicted octanol–water partition coefficient (Wildman–Crippen LogP) is 2.71. The highest BCUT2D eigenvalue weighted by atomic mass is 16.5. The van der Waals surface area contributed by atoms with Gasteiger partial charge in [0.05, 0.1) is 12.2 Å². The number of hydrogen-bond acceptors (Lipinski definition) is 3. The quantitative estimate of drug-likeness (QED) is 0.854. The molecule has 0 radical (unpaired) electrons. The maximum absolute atomic E-state index is 11.0. The highest BCUT2D eigenvalue weighted by Crippen LogP contribution is 2.31. The second-order valence-corrected chi connectivity index (χ2v) is 4.45. The number of carboxylic acids is 1. The SMILES string of the molecule is CC(C)Oc1cc(OC2CC2)ccc1C(=O)O. The minimum Gasteiger partial charge on any atom is -0.490 e. The summed E-state index contributed by atoms with van der Waals surface area (Å²) in [6, 6.07) is 4.86. The molecule has 1 aromatic rings. The first-order valence-electron chi connectivity index (χ1n) is 5.77. The summed E-state index contributed by atoms with van der Waals surface area (Å²) < 4.78 is 11.1. The Labute approximate surface area is 100 Å². The molecule has 0 bridgehead atoms. The average Bonchev–Trinajstić information content (AvgIpc) is 3.00. The number of aromatic carboxylic acids is 1. The first-order valence-corrected chi connectivity index (χ1v) is 5.77. The third-order valence-electron chi connectivity index (χ3n) is 2.37. The van der Waals surface area contributed by atoms with Gasteiger partial charge in [0.25, 0.3) is 0 Å². The third kappa shape index (κ3) is 3.12. The van der Waals surface area contributed by atoms with Gasteiger partial charge in [-0.05, 0) is 38.8 Å². The number of benzene rings is 1. The lowest BCUT2D eigenvalue weighted by atomic mass is 10.2. The van der Waals surface area contributed by atoms with Crippen molar-refractivity contribution in [2.24, 2.45) is 0 Å². The first-order chi connectivity index (χ1) is 8.06. The van der Waals surface area contributed by atoms with E-state index in [1.807, 2.05) is 13.8 Å². The second kappa shape index (κ2) is 4.65. The third-order valence-corrected chi connectivity index (χ3v) is 2.37. The fourth-order valence-corrected chi connectivity index (χ4v) is 1.48. The van der Waals surface area contributed by atoms with Crippen LogP contribution in [-0.2, 0) is 0 Å². The van der Waals surface area contributed by atoms with Crippen LogP contribution in [0.4, 0.5) is 0 Å². The molecule has 17 heavy (non-hydrogen) atoms. The van der Waals surface area contributed by atoms with Crippen molar-refractivity contribution in [2.45, 2.75) is 38.9 Å². The van der Waals surface area contributed by atoms with Gasteiger partial charge in [-0.15, -0.1) is 0 Å². The molecular weight excluding hydrogens is 220 g/mol. The maximum atomic E-state index is 11.0. The molecule has 0 aliphatic heterocycles. The van der Waals surface area contributed by atoms with Crippen molar-refractivity contribution in [1.82, 2.24) is 0 Å². The number of carbonyl (C=O) groups is 1. The summed E-state index contributed by atoms with van der Waals surface area (Å²) in [6.07, 6.45) is 2.36. The Hall–Kier alpha value is -1.71. The van der Waals surface area contributed by atoms with Crippen LogP contribution in [-0.4, -0.2) is 23.3 Å². The summed E-state index contributed by atoms with van der Waals surface area (Å²) in [6.45, 7) is 3.72. The number of carboxylic acid groups (broad SMARTS) is 1. The van der Waals surface area contributed by atoms with Crippen LogP contribution in [0.15, 0.2) is 18.2 Å². The van der Waals surface area contributed by atoms with Gasteiger partial charge >= 0.3 is 5.97 Å². The summed E-state index contributed by atoms with van der Waals surface area (Å²) in [5.41, 5.74) is 0.168. The van der Waals surface area contributed by atoms with E-state index in [0.29, 0.717) is 11.5 Å². The summed E-state index contributed by atoms with van der Waals surface area (Å²) in [7, 11) is 0. The van der Waals surface area contributed by atoms with E-state index in [1.54, 1.807) is 12.1 Å². The lowest BCUT2D eigenvalue weighted by Gasteiger charge is -2.14. The van der Waals surface area contributed by atoms with E-state index >= 15 is 0 Å². The lowest BCUT2D eigenvalue weighted by molar-refractivity contribution is 0.0690. The van der Waals surface area contributed by atoms with Crippen LogP contribution < -0.4 is 9.47 Å². The summed E-state index contributed by atoms with van der Waals surface area (Å²) in [5.74, 6) is 0.0532. The summed E-state index contributed by atoms with van der Waals surface area (Å²) in [5, 5.41) is 9.04. The molecule has 0 unspecified atom stereocenters. The van der Waals surface area contributed by atoms with Crippen molar-refractivity contribution in [3.8, 4) is 11.5 Å². The molecule has 1 aliphatic carbocycles. The van der Waals surface area contributed by atoms with Crippen LogP contribution >= 0.6 is 0 Å². The molecular formula is C13H16O4. The van der Waals surface area contributed by atoms with Crippen LogP contribution in [0, 0.1) is 0 Å². The van der Waals surface area contributed by atoms with Crippen LogP contribution in [0.3, 0.4) is 0 Å². The summed E-state index contributed by atoms with van der Waals surface area (Å²) in [4.78, 5) is 11.0. The Kier molecular flexibility index (Phi) is 3.22. The minimum absolute atomic E-state index is 0.0655. The Balaban J connectivity index is 2.24. The zero-order valence-electron chi connectivity index (χ0n) is 9.97. The van der Waals surface area contributed by atoms with E-state index in [1.165, 1.54) is 6.07 Å². The molecule has 0 spiro atoms. The van der Waals surface area contributed by atoms with Crippen molar-refractivity contribution in [3.63, 3.8) is 0 Å². The van der Waals surface area contributed by atoms with Crippen molar-refractivity contribution in [1.29, 1.82) is 0 Å². The van der Waals surface area contributed by atoms with Crippen molar-refractivity contribution >= 4 is 5.97 Å². The molecule has 0 heterocycles.